The number of carboxylic acids is 1. The first-order valence-corrected chi connectivity index (χ1v) is 11.5. The molecule has 0 unspecified atom stereocenters. The number of aliphatic carboxylic acids is 1. The van der Waals surface area contributed by atoms with Gasteiger partial charge < -0.3 is 24.6 Å². The summed E-state index contributed by atoms with van der Waals surface area (Å²) >= 11 is 0. The predicted octanol–water partition coefficient (Wildman–Crippen LogP) is 6.22. The van der Waals surface area contributed by atoms with Crippen LogP contribution in [0.2, 0.25) is 0 Å². The number of carbonyl (C=O) groups is 2. The van der Waals surface area contributed by atoms with Crippen LogP contribution in [-0.4, -0.2) is 29.7 Å². The van der Waals surface area contributed by atoms with Crippen LogP contribution in [0.4, 0.5) is 13.2 Å². The molecule has 0 bridgehead atoms. The molecule has 0 aromatic heterocycles. The van der Waals surface area contributed by atoms with Crippen molar-refractivity contribution in [1.29, 1.82) is 0 Å². The lowest BCUT2D eigenvalue weighted by Gasteiger charge is -2.23. The number of aryl methyl sites for hydroxylation is 1. The first-order chi connectivity index (χ1) is 17.7. The van der Waals surface area contributed by atoms with E-state index in [1.165, 1.54) is 45.2 Å². The largest absolute Gasteiger partial charge is 0.496 e. The second kappa shape index (κ2) is 11.0. The van der Waals surface area contributed by atoms with E-state index in [0.29, 0.717) is 22.6 Å². The Morgan fingerprint density at radius 2 is 1.66 bits per heavy atom. The normalized spacial score (nSPS) is 11.6. The van der Waals surface area contributed by atoms with Crippen LogP contribution in [0.25, 0.3) is 0 Å². The Kier molecular flexibility index (Phi) is 8.24. The van der Waals surface area contributed by atoms with Crippen molar-refractivity contribution in [1.82, 2.24) is 5.32 Å². The number of methoxy groups -OCH3 is 1. The summed E-state index contributed by atoms with van der Waals surface area (Å²) < 4.78 is 58.0. The molecule has 10 heteroatoms. The molecule has 0 radical (unpaired) electrons. The van der Waals surface area contributed by atoms with Gasteiger partial charge in [0, 0.05) is 25.1 Å². The number of hydrogen-bond acceptors (Lipinski definition) is 5. The van der Waals surface area contributed by atoms with Crippen molar-refractivity contribution < 1.29 is 42.1 Å². The maximum atomic E-state index is 14.3. The van der Waals surface area contributed by atoms with Crippen LogP contribution < -0.4 is 19.5 Å². The molecule has 0 spiro atoms. The Labute approximate surface area is 218 Å². The molecule has 0 atom stereocenters. The summed E-state index contributed by atoms with van der Waals surface area (Å²) in [6.07, 6.45) is 0. The van der Waals surface area contributed by atoms with Crippen LogP contribution in [0.3, 0.4) is 0 Å². The summed E-state index contributed by atoms with van der Waals surface area (Å²) in [5, 5.41) is 11.9. The van der Waals surface area contributed by atoms with Crippen molar-refractivity contribution in [3.63, 3.8) is 0 Å². The van der Waals surface area contributed by atoms with Gasteiger partial charge in [0.25, 0.3) is 11.8 Å². The Morgan fingerprint density at radius 1 is 0.947 bits per heavy atom. The summed E-state index contributed by atoms with van der Waals surface area (Å²) in [5.41, 5.74) is -0.664. The summed E-state index contributed by atoms with van der Waals surface area (Å²) in [5.74, 6) is -4.52. The molecule has 38 heavy (non-hydrogen) atoms. The molecule has 2 N–H and O–H groups in total. The van der Waals surface area contributed by atoms with Gasteiger partial charge in [0.15, 0.2) is 5.60 Å². The lowest BCUT2D eigenvalue weighted by Crippen LogP contribution is -2.38. The molecule has 202 valence electrons. The number of nitrogens with one attached hydrogen (secondary N) is 1. The molecular weight excluding hydrogens is 503 g/mol. The van der Waals surface area contributed by atoms with E-state index in [1.54, 1.807) is 25.1 Å². The minimum absolute atomic E-state index is 0.0145. The van der Waals surface area contributed by atoms with E-state index in [4.69, 9.17) is 14.2 Å². The number of benzene rings is 3. The van der Waals surface area contributed by atoms with Crippen LogP contribution in [0, 0.1) is 12.7 Å². The molecule has 0 aliphatic heterocycles. The number of carbonyl (C=O) groups excluding carboxylic acids is 1. The van der Waals surface area contributed by atoms with E-state index < -0.39 is 29.2 Å². The van der Waals surface area contributed by atoms with Gasteiger partial charge in [0.05, 0.1) is 12.7 Å². The van der Waals surface area contributed by atoms with E-state index in [2.05, 4.69) is 5.32 Å². The van der Waals surface area contributed by atoms with Crippen LogP contribution in [0.1, 0.15) is 47.8 Å². The summed E-state index contributed by atoms with van der Waals surface area (Å²) in [4.78, 5) is 24.0. The predicted molar refractivity (Wildman–Crippen MR) is 134 cm³/mol. The Morgan fingerprint density at radius 3 is 2.26 bits per heavy atom. The fourth-order valence-electron chi connectivity index (χ4n) is 3.47. The van der Waals surface area contributed by atoms with Gasteiger partial charge >= 0.3 is 5.97 Å². The van der Waals surface area contributed by atoms with Crippen molar-refractivity contribution in [2.24, 2.45) is 0 Å². The Bertz CT molecular complexity index is 1350. The molecule has 0 aliphatic carbocycles. The molecule has 3 aromatic rings. The third-order valence-electron chi connectivity index (χ3n) is 5.60. The van der Waals surface area contributed by atoms with Gasteiger partial charge in [0.2, 0.25) is 0 Å². The highest BCUT2D eigenvalue weighted by atomic mass is 19.3. The number of ether oxygens (including phenoxy) is 3. The van der Waals surface area contributed by atoms with Crippen LogP contribution in [-0.2, 0) is 17.3 Å². The summed E-state index contributed by atoms with van der Waals surface area (Å²) in [6, 6.07) is 12.2. The zero-order valence-corrected chi connectivity index (χ0v) is 21.5. The molecule has 1 amide bonds. The number of carboxylic acid groups (broad SMARTS) is 1. The highest BCUT2D eigenvalue weighted by Gasteiger charge is 2.30. The second-order valence-corrected chi connectivity index (χ2v) is 9.23. The van der Waals surface area contributed by atoms with Gasteiger partial charge in [-0.2, -0.15) is 0 Å². The highest BCUT2D eigenvalue weighted by molar-refractivity contribution is 5.97. The van der Waals surface area contributed by atoms with Crippen molar-refractivity contribution in [3.05, 3.63) is 82.7 Å². The number of rotatable bonds is 10. The standard InChI is InChI=1S/C28H28F3NO6/c1-16-10-20(7-9-23(16)38-27(2,3)26(34)35)37-21-12-17(11-19(29)14-21)15-32-25(33)22-8-6-18(28(4,30)31)13-24(22)36-5/h6-14H,15H2,1-5H3,(H,32,33)(H,34,35). The maximum absolute atomic E-state index is 14.3. The Balaban J connectivity index is 1.72. The van der Waals surface area contributed by atoms with Gasteiger partial charge in [-0.25, -0.2) is 18.0 Å². The monoisotopic (exact) mass is 531 g/mol. The molecule has 3 aromatic carbocycles. The summed E-state index contributed by atoms with van der Waals surface area (Å²) in [6.45, 7) is 5.25. The van der Waals surface area contributed by atoms with Crippen LogP contribution >= 0.6 is 0 Å². The number of amides is 1. The summed E-state index contributed by atoms with van der Waals surface area (Å²) in [7, 11) is 1.27. The van der Waals surface area contributed by atoms with Gasteiger partial charge in [0.1, 0.15) is 28.8 Å². The van der Waals surface area contributed by atoms with E-state index >= 15 is 0 Å². The highest BCUT2D eigenvalue weighted by Crippen LogP contribution is 2.32. The average Bonchev–Trinajstić information content (AvgIpc) is 2.82. The molecule has 0 saturated heterocycles. The fraction of sp³-hybridized carbons (Fsp3) is 0.286. The van der Waals surface area contributed by atoms with Crippen molar-refractivity contribution in [2.75, 3.05) is 7.11 Å². The van der Waals surface area contributed by atoms with E-state index in [1.807, 2.05) is 0 Å². The minimum Gasteiger partial charge on any atom is -0.496 e. The zero-order valence-electron chi connectivity index (χ0n) is 21.5. The zero-order chi connectivity index (χ0) is 28.3. The first-order valence-electron chi connectivity index (χ1n) is 11.5. The molecule has 3 rings (SSSR count). The van der Waals surface area contributed by atoms with E-state index in [0.717, 1.165) is 19.1 Å². The van der Waals surface area contributed by atoms with E-state index in [-0.39, 0.29) is 29.2 Å². The fourth-order valence-corrected chi connectivity index (χ4v) is 3.47. The van der Waals surface area contributed by atoms with Crippen molar-refractivity contribution in [2.45, 2.75) is 45.8 Å². The van der Waals surface area contributed by atoms with E-state index in [9.17, 15) is 27.9 Å². The van der Waals surface area contributed by atoms with Crippen LogP contribution in [0.15, 0.2) is 54.6 Å². The SMILES string of the molecule is COc1cc(C(C)(F)F)ccc1C(=O)NCc1cc(F)cc(Oc2ccc(OC(C)(C)C(=O)O)c(C)c2)c1. The molecule has 0 fully saturated rings. The minimum atomic E-state index is -3.10. The van der Waals surface area contributed by atoms with Crippen molar-refractivity contribution in [3.8, 4) is 23.0 Å². The molecule has 0 heterocycles. The third kappa shape index (κ3) is 6.96. The molecule has 0 aliphatic rings. The van der Waals surface area contributed by atoms with Gasteiger partial charge in [-0.15, -0.1) is 0 Å². The lowest BCUT2D eigenvalue weighted by atomic mass is 10.1. The maximum Gasteiger partial charge on any atom is 0.347 e. The quantitative estimate of drug-likeness (QED) is 0.323. The number of halogens is 3. The topological polar surface area (TPSA) is 94.1 Å². The third-order valence-corrected chi connectivity index (χ3v) is 5.60. The van der Waals surface area contributed by atoms with Gasteiger partial charge in [-0.3, -0.25) is 4.79 Å². The first kappa shape index (κ1) is 28.4. The van der Waals surface area contributed by atoms with Gasteiger partial charge in [-0.1, -0.05) is 6.07 Å². The number of hydrogen-bond donors (Lipinski definition) is 2. The molecule has 0 saturated carbocycles. The lowest BCUT2D eigenvalue weighted by molar-refractivity contribution is -0.152. The average molecular weight is 532 g/mol. The number of alkyl halides is 2. The molecule has 7 nitrogen and oxygen atoms in total. The van der Waals surface area contributed by atoms with Crippen molar-refractivity contribution >= 4 is 11.9 Å². The Hall–Kier alpha value is -4.21. The van der Waals surface area contributed by atoms with Gasteiger partial charge in [-0.05, 0) is 74.4 Å². The van der Waals surface area contributed by atoms with Crippen LogP contribution in [0.5, 0.6) is 23.0 Å². The second-order valence-electron chi connectivity index (χ2n) is 9.23. The molecular formula is C28H28F3NO6. The smallest absolute Gasteiger partial charge is 0.347 e.